The fraction of sp³-hybridized carbons (Fsp3) is 0.632. The Hall–Kier alpha value is -0.670. The van der Waals surface area contributed by atoms with Crippen LogP contribution in [-0.4, -0.2) is 47.4 Å². The van der Waals surface area contributed by atoms with Crippen LogP contribution in [0.25, 0.3) is 0 Å². The number of guanidine groups is 1. The first-order valence-electron chi connectivity index (χ1n) is 8.84. The van der Waals surface area contributed by atoms with Gasteiger partial charge in [0.1, 0.15) is 0 Å². The molecule has 5 nitrogen and oxygen atoms in total. The fourth-order valence-corrected chi connectivity index (χ4v) is 3.05. The number of ether oxygens (including phenoxy) is 1. The molecule has 0 saturated heterocycles. The molecule has 0 spiro atoms. The van der Waals surface area contributed by atoms with Gasteiger partial charge in [0, 0.05) is 48.0 Å². The summed E-state index contributed by atoms with van der Waals surface area (Å²) in [6, 6.07) is 10.2. The van der Waals surface area contributed by atoms with Gasteiger partial charge in [0.15, 0.2) is 5.96 Å². The highest BCUT2D eigenvalue weighted by molar-refractivity contribution is 14.0. The highest BCUT2D eigenvalue weighted by atomic mass is 127. The van der Waals surface area contributed by atoms with Crippen LogP contribution in [-0.2, 0) is 15.5 Å². The van der Waals surface area contributed by atoms with Crippen molar-refractivity contribution in [3.05, 3.63) is 35.9 Å². The Morgan fingerprint density at radius 3 is 2.38 bits per heavy atom. The standard InChI is InChI=1S/C19H33N3O2S.HI/c1-16(17-10-7-6-8-11-17)24-14-9-12-21-18(20-5)22-13-15-25(23)19(2,3)4;/h6-8,10-11,16H,9,12-15H2,1-5H3,(H2,20,21,22);1H. The molecule has 2 unspecified atom stereocenters. The van der Waals surface area contributed by atoms with E-state index in [1.807, 2.05) is 39.0 Å². The van der Waals surface area contributed by atoms with E-state index in [1.54, 1.807) is 7.05 Å². The Kier molecular flexibility index (Phi) is 13.1. The number of rotatable bonds is 9. The van der Waals surface area contributed by atoms with Crippen LogP contribution in [0.5, 0.6) is 0 Å². The zero-order chi connectivity index (χ0) is 18.7. The van der Waals surface area contributed by atoms with Crippen LogP contribution in [0.2, 0.25) is 0 Å². The molecule has 2 N–H and O–H groups in total. The minimum Gasteiger partial charge on any atom is -0.374 e. The second-order valence-corrected chi connectivity index (χ2v) is 9.19. The lowest BCUT2D eigenvalue weighted by atomic mass is 10.1. The van der Waals surface area contributed by atoms with Crippen molar-refractivity contribution in [1.29, 1.82) is 0 Å². The largest absolute Gasteiger partial charge is 0.374 e. The molecule has 26 heavy (non-hydrogen) atoms. The SMILES string of the molecule is CN=C(NCCCOC(C)c1ccccc1)NCCS(=O)C(C)(C)C.I. The molecule has 2 atom stereocenters. The second-order valence-electron chi connectivity index (χ2n) is 6.87. The van der Waals surface area contributed by atoms with E-state index in [2.05, 4.69) is 34.7 Å². The minimum atomic E-state index is -0.853. The molecule has 1 aromatic carbocycles. The first kappa shape index (κ1) is 25.3. The van der Waals surface area contributed by atoms with Crippen molar-refractivity contribution in [3.8, 4) is 0 Å². The first-order chi connectivity index (χ1) is 11.8. The summed E-state index contributed by atoms with van der Waals surface area (Å²) in [6.07, 6.45) is 0.997. The Labute approximate surface area is 178 Å². The van der Waals surface area contributed by atoms with E-state index >= 15 is 0 Å². The van der Waals surface area contributed by atoms with Gasteiger partial charge in [-0.3, -0.25) is 9.20 Å². The van der Waals surface area contributed by atoms with Gasteiger partial charge in [-0.05, 0) is 39.7 Å². The Balaban J connectivity index is 0.00000625. The van der Waals surface area contributed by atoms with Crippen LogP contribution in [0.4, 0.5) is 0 Å². The molecular weight excluding hydrogens is 461 g/mol. The summed E-state index contributed by atoms with van der Waals surface area (Å²) in [5.74, 6) is 1.35. The maximum atomic E-state index is 12.0. The summed E-state index contributed by atoms with van der Waals surface area (Å²) in [4.78, 5) is 4.18. The summed E-state index contributed by atoms with van der Waals surface area (Å²) < 4.78 is 17.7. The maximum absolute atomic E-state index is 12.0. The highest BCUT2D eigenvalue weighted by Crippen LogP contribution is 2.15. The van der Waals surface area contributed by atoms with Crippen LogP contribution < -0.4 is 10.6 Å². The Bertz CT molecular complexity index is 547. The lowest BCUT2D eigenvalue weighted by molar-refractivity contribution is 0.0646. The highest BCUT2D eigenvalue weighted by Gasteiger charge is 2.18. The van der Waals surface area contributed by atoms with E-state index in [0.717, 1.165) is 18.9 Å². The Morgan fingerprint density at radius 2 is 1.81 bits per heavy atom. The third-order valence-corrected chi connectivity index (χ3v) is 5.68. The molecule has 7 heteroatoms. The van der Waals surface area contributed by atoms with Crippen LogP contribution >= 0.6 is 24.0 Å². The average Bonchev–Trinajstić information content (AvgIpc) is 2.59. The summed E-state index contributed by atoms with van der Waals surface area (Å²) in [6.45, 7) is 10.2. The predicted octanol–water partition coefficient (Wildman–Crippen LogP) is 3.48. The summed E-state index contributed by atoms with van der Waals surface area (Å²) in [7, 11) is 0.887. The van der Waals surface area contributed by atoms with Gasteiger partial charge >= 0.3 is 0 Å². The normalized spacial score (nSPS) is 14.3. The molecule has 1 aromatic rings. The van der Waals surface area contributed by atoms with Gasteiger partial charge < -0.3 is 15.4 Å². The molecule has 0 fully saturated rings. The van der Waals surface area contributed by atoms with Gasteiger partial charge in [0.2, 0.25) is 0 Å². The van der Waals surface area contributed by atoms with E-state index in [4.69, 9.17) is 4.74 Å². The lowest BCUT2D eigenvalue weighted by Crippen LogP contribution is -2.40. The van der Waals surface area contributed by atoms with Crippen molar-refractivity contribution in [2.75, 3.05) is 32.5 Å². The molecule has 0 aliphatic heterocycles. The topological polar surface area (TPSA) is 62.7 Å². The molecular formula is C19H34IN3O2S. The minimum absolute atomic E-state index is 0. The van der Waals surface area contributed by atoms with E-state index in [0.29, 0.717) is 18.9 Å². The number of benzene rings is 1. The first-order valence-corrected chi connectivity index (χ1v) is 10.2. The second kappa shape index (κ2) is 13.5. The molecule has 0 aromatic heterocycles. The van der Waals surface area contributed by atoms with Gasteiger partial charge in [-0.2, -0.15) is 0 Å². The number of halogens is 1. The predicted molar refractivity (Wildman–Crippen MR) is 123 cm³/mol. The molecule has 0 aliphatic rings. The summed E-state index contributed by atoms with van der Waals surface area (Å²) in [5.41, 5.74) is 1.19. The van der Waals surface area contributed by atoms with Crippen molar-refractivity contribution in [3.63, 3.8) is 0 Å². The van der Waals surface area contributed by atoms with E-state index in [1.165, 1.54) is 5.56 Å². The van der Waals surface area contributed by atoms with Crippen LogP contribution in [0, 0.1) is 0 Å². The van der Waals surface area contributed by atoms with Crippen LogP contribution in [0.1, 0.15) is 45.8 Å². The summed E-state index contributed by atoms with van der Waals surface area (Å²) in [5, 5.41) is 6.46. The van der Waals surface area contributed by atoms with Crippen molar-refractivity contribution >= 4 is 40.7 Å². The maximum Gasteiger partial charge on any atom is 0.191 e. The van der Waals surface area contributed by atoms with Crippen LogP contribution in [0.3, 0.4) is 0 Å². The monoisotopic (exact) mass is 495 g/mol. The Morgan fingerprint density at radius 1 is 1.19 bits per heavy atom. The molecule has 0 amide bonds. The number of nitrogens with one attached hydrogen (secondary N) is 2. The van der Waals surface area contributed by atoms with E-state index < -0.39 is 10.8 Å². The molecule has 0 saturated carbocycles. The average molecular weight is 495 g/mol. The molecule has 0 radical (unpaired) electrons. The molecule has 1 rings (SSSR count). The zero-order valence-electron chi connectivity index (χ0n) is 16.6. The van der Waals surface area contributed by atoms with E-state index in [9.17, 15) is 4.21 Å². The van der Waals surface area contributed by atoms with E-state index in [-0.39, 0.29) is 34.8 Å². The van der Waals surface area contributed by atoms with Gasteiger partial charge in [0.05, 0.1) is 6.10 Å². The van der Waals surface area contributed by atoms with Crippen molar-refractivity contribution in [1.82, 2.24) is 10.6 Å². The van der Waals surface area contributed by atoms with Gasteiger partial charge in [0.25, 0.3) is 0 Å². The van der Waals surface area contributed by atoms with Gasteiger partial charge in [-0.1, -0.05) is 30.3 Å². The number of hydrogen-bond acceptors (Lipinski definition) is 3. The van der Waals surface area contributed by atoms with Crippen molar-refractivity contribution in [2.45, 2.75) is 45.0 Å². The molecule has 0 bridgehead atoms. The quantitative estimate of drug-likeness (QED) is 0.238. The fourth-order valence-electron chi connectivity index (χ4n) is 2.15. The van der Waals surface area contributed by atoms with Crippen molar-refractivity contribution in [2.24, 2.45) is 4.99 Å². The van der Waals surface area contributed by atoms with Gasteiger partial charge in [-0.15, -0.1) is 24.0 Å². The zero-order valence-corrected chi connectivity index (χ0v) is 19.7. The lowest BCUT2D eigenvalue weighted by Gasteiger charge is -2.18. The number of hydrogen-bond donors (Lipinski definition) is 2. The van der Waals surface area contributed by atoms with Gasteiger partial charge in [-0.25, -0.2) is 0 Å². The number of aliphatic imine (C=N–C) groups is 1. The third-order valence-electron chi connectivity index (χ3n) is 3.74. The smallest absolute Gasteiger partial charge is 0.191 e. The summed E-state index contributed by atoms with van der Waals surface area (Å²) >= 11 is 0. The molecule has 0 heterocycles. The van der Waals surface area contributed by atoms with Crippen molar-refractivity contribution < 1.29 is 8.95 Å². The molecule has 0 aliphatic carbocycles. The van der Waals surface area contributed by atoms with Crippen LogP contribution in [0.15, 0.2) is 35.3 Å². The molecule has 150 valence electrons. The number of nitrogens with zero attached hydrogens (tertiary/aromatic N) is 1. The third kappa shape index (κ3) is 10.5.